The molecule has 0 saturated carbocycles. The Morgan fingerprint density at radius 1 is 1.40 bits per heavy atom. The van der Waals surface area contributed by atoms with Crippen molar-refractivity contribution in [1.29, 1.82) is 0 Å². The van der Waals surface area contributed by atoms with Gasteiger partial charge in [-0.1, -0.05) is 23.7 Å². The first-order valence-corrected chi connectivity index (χ1v) is 6.09. The minimum absolute atomic E-state index is 0.276. The number of alkyl halides is 1. The highest BCUT2D eigenvalue weighted by Crippen LogP contribution is 2.10. The van der Waals surface area contributed by atoms with Crippen LogP contribution < -0.4 is 5.32 Å². The van der Waals surface area contributed by atoms with Crippen molar-refractivity contribution in [1.82, 2.24) is 5.32 Å². The molecule has 0 radical (unpaired) electrons. The van der Waals surface area contributed by atoms with E-state index in [1.54, 1.807) is 0 Å². The molecular formula is C12H17Cl2N. The van der Waals surface area contributed by atoms with Crippen LogP contribution in [0, 0.1) is 0 Å². The van der Waals surface area contributed by atoms with Gasteiger partial charge < -0.3 is 5.32 Å². The molecule has 1 N–H and O–H groups in total. The normalized spacial score (nSPS) is 12.7. The van der Waals surface area contributed by atoms with Crippen LogP contribution in [0.15, 0.2) is 24.3 Å². The highest BCUT2D eigenvalue weighted by atomic mass is 35.5. The number of hydrogen-bond acceptors (Lipinski definition) is 1. The number of rotatable bonds is 6. The quantitative estimate of drug-likeness (QED) is 0.594. The molecule has 0 amide bonds. The summed E-state index contributed by atoms with van der Waals surface area (Å²) in [6.45, 7) is 3.90. The average Bonchev–Trinajstić information content (AvgIpc) is 2.17. The Hall–Kier alpha value is -0.240. The lowest BCUT2D eigenvalue weighted by Gasteiger charge is -2.06. The van der Waals surface area contributed by atoms with Crippen LogP contribution in [0.25, 0.3) is 0 Å². The van der Waals surface area contributed by atoms with Gasteiger partial charge in [-0.15, -0.1) is 11.6 Å². The van der Waals surface area contributed by atoms with Gasteiger partial charge in [-0.25, -0.2) is 0 Å². The summed E-state index contributed by atoms with van der Waals surface area (Å²) in [6, 6.07) is 7.92. The molecule has 1 unspecified atom stereocenters. The summed E-state index contributed by atoms with van der Waals surface area (Å²) in [7, 11) is 0. The van der Waals surface area contributed by atoms with Gasteiger partial charge in [0.15, 0.2) is 0 Å². The summed E-state index contributed by atoms with van der Waals surface area (Å²) in [5, 5.41) is 4.44. The Morgan fingerprint density at radius 3 is 2.87 bits per heavy atom. The molecule has 1 rings (SSSR count). The third kappa shape index (κ3) is 6.03. The zero-order valence-electron chi connectivity index (χ0n) is 8.97. The smallest absolute Gasteiger partial charge is 0.0409 e. The van der Waals surface area contributed by atoms with Crippen LogP contribution in [-0.2, 0) is 6.54 Å². The molecule has 84 valence electrons. The highest BCUT2D eigenvalue weighted by molar-refractivity contribution is 6.30. The van der Waals surface area contributed by atoms with Gasteiger partial charge in [0.2, 0.25) is 0 Å². The second-order valence-electron chi connectivity index (χ2n) is 3.73. The molecule has 0 aliphatic heterocycles. The van der Waals surface area contributed by atoms with Crippen LogP contribution in [0.2, 0.25) is 5.02 Å². The molecular weight excluding hydrogens is 229 g/mol. The SMILES string of the molecule is CC(Cl)CCCNCc1cccc(Cl)c1. The van der Waals surface area contributed by atoms with Crippen molar-refractivity contribution in [2.45, 2.75) is 31.7 Å². The fourth-order valence-electron chi connectivity index (χ4n) is 1.39. The Kier molecular flexibility index (Phi) is 6.07. The van der Waals surface area contributed by atoms with Crippen molar-refractivity contribution >= 4 is 23.2 Å². The monoisotopic (exact) mass is 245 g/mol. The largest absolute Gasteiger partial charge is 0.313 e. The zero-order chi connectivity index (χ0) is 11.1. The molecule has 0 aromatic heterocycles. The van der Waals surface area contributed by atoms with E-state index in [1.165, 1.54) is 5.56 Å². The van der Waals surface area contributed by atoms with Crippen LogP contribution in [0.1, 0.15) is 25.3 Å². The maximum atomic E-state index is 5.88. The van der Waals surface area contributed by atoms with Gasteiger partial charge in [-0.05, 0) is 44.0 Å². The summed E-state index contributed by atoms with van der Waals surface area (Å²) in [5.74, 6) is 0. The van der Waals surface area contributed by atoms with Crippen molar-refractivity contribution < 1.29 is 0 Å². The van der Waals surface area contributed by atoms with Crippen molar-refractivity contribution in [3.8, 4) is 0 Å². The van der Waals surface area contributed by atoms with E-state index < -0.39 is 0 Å². The lowest BCUT2D eigenvalue weighted by Crippen LogP contribution is -2.15. The van der Waals surface area contributed by atoms with E-state index in [9.17, 15) is 0 Å². The van der Waals surface area contributed by atoms with Crippen molar-refractivity contribution in [3.05, 3.63) is 34.9 Å². The van der Waals surface area contributed by atoms with Crippen molar-refractivity contribution in [2.24, 2.45) is 0 Å². The maximum absolute atomic E-state index is 5.88. The van der Waals surface area contributed by atoms with E-state index >= 15 is 0 Å². The third-order valence-corrected chi connectivity index (χ3v) is 2.63. The third-order valence-electron chi connectivity index (χ3n) is 2.17. The Morgan fingerprint density at radius 2 is 2.20 bits per heavy atom. The molecule has 0 aliphatic rings. The van der Waals surface area contributed by atoms with E-state index in [2.05, 4.69) is 11.4 Å². The lowest BCUT2D eigenvalue weighted by molar-refractivity contribution is 0.619. The summed E-state index contributed by atoms with van der Waals surface area (Å²) in [6.07, 6.45) is 2.18. The van der Waals surface area contributed by atoms with Gasteiger partial charge in [0.25, 0.3) is 0 Å². The molecule has 15 heavy (non-hydrogen) atoms. The van der Waals surface area contributed by atoms with E-state index in [4.69, 9.17) is 23.2 Å². The van der Waals surface area contributed by atoms with E-state index in [1.807, 2.05) is 25.1 Å². The second-order valence-corrected chi connectivity index (χ2v) is 4.91. The first-order chi connectivity index (χ1) is 7.18. The van der Waals surface area contributed by atoms with Gasteiger partial charge in [0.1, 0.15) is 0 Å². The minimum Gasteiger partial charge on any atom is -0.313 e. The van der Waals surface area contributed by atoms with E-state index in [0.29, 0.717) is 0 Å². The highest BCUT2D eigenvalue weighted by Gasteiger charge is 1.96. The van der Waals surface area contributed by atoms with Gasteiger partial charge in [0, 0.05) is 16.9 Å². The number of hydrogen-bond donors (Lipinski definition) is 1. The molecule has 0 fully saturated rings. The standard InChI is InChI=1S/C12H17Cl2N/c1-10(13)4-3-7-15-9-11-5-2-6-12(14)8-11/h2,5-6,8,10,15H,3-4,7,9H2,1H3. The van der Waals surface area contributed by atoms with Crippen LogP contribution in [0.5, 0.6) is 0 Å². The Bertz CT molecular complexity index is 287. The number of nitrogens with one attached hydrogen (secondary N) is 1. The first-order valence-electron chi connectivity index (χ1n) is 5.27. The molecule has 1 atom stereocenters. The second kappa shape index (κ2) is 7.10. The molecule has 1 aromatic rings. The fourth-order valence-corrected chi connectivity index (χ4v) is 1.76. The van der Waals surface area contributed by atoms with Gasteiger partial charge in [0.05, 0.1) is 0 Å². The first kappa shape index (κ1) is 12.8. The lowest BCUT2D eigenvalue weighted by atomic mass is 10.2. The van der Waals surface area contributed by atoms with Crippen LogP contribution >= 0.6 is 23.2 Å². The molecule has 0 heterocycles. The predicted molar refractivity (Wildman–Crippen MR) is 67.7 cm³/mol. The molecule has 0 saturated heterocycles. The Labute approximate surface area is 102 Å². The van der Waals surface area contributed by atoms with Crippen LogP contribution in [0.4, 0.5) is 0 Å². The van der Waals surface area contributed by atoms with Crippen LogP contribution in [0.3, 0.4) is 0 Å². The molecule has 0 bridgehead atoms. The molecule has 1 nitrogen and oxygen atoms in total. The Balaban J connectivity index is 2.15. The van der Waals surface area contributed by atoms with Crippen LogP contribution in [-0.4, -0.2) is 11.9 Å². The molecule has 1 aromatic carbocycles. The molecule has 0 aliphatic carbocycles. The molecule has 3 heteroatoms. The summed E-state index contributed by atoms with van der Waals surface area (Å²) < 4.78 is 0. The predicted octanol–water partition coefficient (Wildman–Crippen LogP) is 3.84. The van der Waals surface area contributed by atoms with Crippen molar-refractivity contribution in [3.63, 3.8) is 0 Å². The van der Waals surface area contributed by atoms with E-state index in [0.717, 1.165) is 31.0 Å². The molecule has 0 spiro atoms. The van der Waals surface area contributed by atoms with E-state index in [-0.39, 0.29) is 5.38 Å². The topological polar surface area (TPSA) is 12.0 Å². The van der Waals surface area contributed by atoms with Gasteiger partial charge in [-0.3, -0.25) is 0 Å². The summed E-state index contributed by atoms with van der Waals surface area (Å²) in [5.41, 5.74) is 1.22. The van der Waals surface area contributed by atoms with Gasteiger partial charge in [-0.2, -0.15) is 0 Å². The summed E-state index contributed by atoms with van der Waals surface area (Å²) >= 11 is 11.7. The minimum atomic E-state index is 0.276. The average molecular weight is 246 g/mol. The zero-order valence-corrected chi connectivity index (χ0v) is 10.5. The van der Waals surface area contributed by atoms with Gasteiger partial charge >= 0.3 is 0 Å². The number of halogens is 2. The number of benzene rings is 1. The van der Waals surface area contributed by atoms with Crippen molar-refractivity contribution in [2.75, 3.05) is 6.54 Å². The summed E-state index contributed by atoms with van der Waals surface area (Å²) in [4.78, 5) is 0. The fraction of sp³-hybridized carbons (Fsp3) is 0.500. The maximum Gasteiger partial charge on any atom is 0.0409 e.